The highest BCUT2D eigenvalue weighted by atomic mass is 15.3. The maximum absolute atomic E-state index is 4.65. The van der Waals surface area contributed by atoms with E-state index in [4.69, 9.17) is 0 Å². The third kappa shape index (κ3) is 4.94. The second-order valence-electron chi connectivity index (χ2n) is 5.22. The number of hydrogen-bond donors (Lipinski definition) is 0. The van der Waals surface area contributed by atoms with Crippen molar-refractivity contribution in [2.24, 2.45) is 0 Å². The highest BCUT2D eigenvalue weighted by Gasteiger charge is 2.14. The largest absolute Gasteiger partial charge is 0.241 e. The molecule has 0 atom stereocenters. The smallest absolute Gasteiger partial charge is 0.125 e. The Balaban J connectivity index is 0.000000791. The van der Waals surface area contributed by atoms with E-state index in [1.54, 1.807) is 12.4 Å². The molecule has 6 heteroatoms. The van der Waals surface area contributed by atoms with E-state index in [1.165, 1.54) is 0 Å². The Morgan fingerprint density at radius 1 is 0.846 bits per heavy atom. The summed E-state index contributed by atoms with van der Waals surface area (Å²) in [7, 11) is 0. The lowest BCUT2D eigenvalue weighted by atomic mass is 10.1. The monoisotopic (exact) mass is 354 g/mol. The van der Waals surface area contributed by atoms with Gasteiger partial charge in [0, 0.05) is 18.0 Å². The molecule has 3 heterocycles. The lowest BCUT2D eigenvalue weighted by molar-refractivity contribution is 0.825. The van der Waals surface area contributed by atoms with Crippen molar-refractivity contribution in [1.29, 1.82) is 0 Å². The number of nitrogens with zero attached hydrogens (tertiary/aromatic N) is 6. The van der Waals surface area contributed by atoms with Gasteiger partial charge in [0.1, 0.15) is 17.3 Å². The summed E-state index contributed by atoms with van der Waals surface area (Å²) in [6, 6.07) is 0. The van der Waals surface area contributed by atoms with Crippen LogP contribution >= 0.6 is 0 Å². The van der Waals surface area contributed by atoms with E-state index in [1.807, 2.05) is 65.5 Å². The predicted octanol–water partition coefficient (Wildman–Crippen LogP) is 4.66. The molecule has 0 aliphatic carbocycles. The number of hydrogen-bond acceptors (Lipinski definition) is 5. The molecule has 0 saturated heterocycles. The van der Waals surface area contributed by atoms with Gasteiger partial charge in [0.05, 0.1) is 23.8 Å². The first-order valence-electron chi connectivity index (χ1n) is 9.26. The minimum atomic E-state index is 0.745. The summed E-state index contributed by atoms with van der Waals surface area (Å²) in [5.74, 6) is 1.50. The van der Waals surface area contributed by atoms with Crippen molar-refractivity contribution in [1.82, 2.24) is 29.7 Å². The van der Waals surface area contributed by atoms with Crippen LogP contribution in [0.3, 0.4) is 0 Å². The van der Waals surface area contributed by atoms with Crippen molar-refractivity contribution < 1.29 is 0 Å². The first kappa shape index (κ1) is 21.4. The van der Waals surface area contributed by atoms with Gasteiger partial charge >= 0.3 is 0 Å². The van der Waals surface area contributed by atoms with Gasteiger partial charge < -0.3 is 0 Å². The van der Waals surface area contributed by atoms with Crippen LogP contribution in [0.1, 0.15) is 57.5 Å². The summed E-state index contributed by atoms with van der Waals surface area (Å²) in [6.07, 6.45) is 8.22. The predicted molar refractivity (Wildman–Crippen MR) is 106 cm³/mol. The van der Waals surface area contributed by atoms with Gasteiger partial charge in [-0.15, -0.1) is 0 Å². The lowest BCUT2D eigenvalue weighted by Gasteiger charge is -2.04. The molecule has 140 valence electrons. The number of aromatic nitrogens is 6. The van der Waals surface area contributed by atoms with Crippen LogP contribution in [-0.4, -0.2) is 29.7 Å². The van der Waals surface area contributed by atoms with Crippen LogP contribution in [-0.2, 0) is 6.42 Å². The third-order valence-corrected chi connectivity index (χ3v) is 3.50. The topological polar surface area (TPSA) is 69.4 Å². The Hall–Kier alpha value is -2.63. The van der Waals surface area contributed by atoms with E-state index in [9.17, 15) is 0 Å². The standard InChI is InChI=1S/C16H18N6.2C2H6/c1-5-15-14(16-10(2)6-17-12(4)20-16)9-22(21-15)13-7-18-11(3)19-8-13;2*1-2/h6-9H,5H2,1-4H3;2*1-2H3. The molecule has 3 aromatic rings. The van der Waals surface area contributed by atoms with Gasteiger partial charge in [0.2, 0.25) is 0 Å². The second kappa shape index (κ2) is 10.4. The molecule has 0 fully saturated rings. The summed E-state index contributed by atoms with van der Waals surface area (Å²) in [5, 5.41) is 4.65. The molecule has 0 aromatic carbocycles. The van der Waals surface area contributed by atoms with Crippen LogP contribution < -0.4 is 0 Å². The molecule has 0 amide bonds. The van der Waals surface area contributed by atoms with Crippen LogP contribution in [0.15, 0.2) is 24.8 Å². The van der Waals surface area contributed by atoms with Gasteiger partial charge in [-0.05, 0) is 32.8 Å². The van der Waals surface area contributed by atoms with Crippen molar-refractivity contribution >= 4 is 0 Å². The summed E-state index contributed by atoms with van der Waals surface area (Å²) >= 11 is 0. The molecule has 0 N–H and O–H groups in total. The fourth-order valence-corrected chi connectivity index (χ4v) is 2.31. The van der Waals surface area contributed by atoms with Crippen LogP contribution in [0.2, 0.25) is 0 Å². The zero-order valence-corrected chi connectivity index (χ0v) is 17.2. The molecule has 3 aromatic heterocycles. The highest BCUT2D eigenvalue weighted by molar-refractivity contribution is 5.65. The molecular weight excluding hydrogens is 324 g/mol. The highest BCUT2D eigenvalue weighted by Crippen LogP contribution is 2.25. The average Bonchev–Trinajstić information content (AvgIpc) is 3.11. The lowest BCUT2D eigenvalue weighted by Crippen LogP contribution is -1.98. The van der Waals surface area contributed by atoms with Crippen molar-refractivity contribution in [3.8, 4) is 16.9 Å². The molecule has 0 radical (unpaired) electrons. The summed E-state index contributed by atoms with van der Waals surface area (Å²) in [6.45, 7) is 15.9. The summed E-state index contributed by atoms with van der Waals surface area (Å²) in [5.41, 5.74) is 4.85. The SMILES string of the molecule is CC.CC.CCc1nn(-c2cnc(C)nc2)cc1-c1nc(C)ncc1C. The summed E-state index contributed by atoms with van der Waals surface area (Å²) < 4.78 is 1.81. The van der Waals surface area contributed by atoms with E-state index in [0.29, 0.717) is 0 Å². The van der Waals surface area contributed by atoms with Gasteiger partial charge in [-0.3, -0.25) is 0 Å². The average molecular weight is 355 g/mol. The molecule has 0 saturated carbocycles. The minimum absolute atomic E-state index is 0.745. The molecule has 0 aliphatic heterocycles. The fourth-order valence-electron chi connectivity index (χ4n) is 2.31. The molecule has 3 rings (SSSR count). The van der Waals surface area contributed by atoms with E-state index in [0.717, 1.165) is 46.3 Å². The zero-order valence-electron chi connectivity index (χ0n) is 17.2. The van der Waals surface area contributed by atoms with Gasteiger partial charge in [-0.1, -0.05) is 34.6 Å². The molecule has 26 heavy (non-hydrogen) atoms. The molecular formula is C20H30N6. The Labute approximate surface area is 156 Å². The van der Waals surface area contributed by atoms with Gasteiger partial charge in [-0.25, -0.2) is 24.6 Å². The number of rotatable bonds is 3. The van der Waals surface area contributed by atoms with Crippen molar-refractivity contribution in [2.75, 3.05) is 0 Å². The van der Waals surface area contributed by atoms with Crippen LogP contribution in [0, 0.1) is 20.8 Å². The molecule has 0 bridgehead atoms. The Bertz CT molecular complexity index is 806. The Kier molecular flexibility index (Phi) is 8.55. The van der Waals surface area contributed by atoms with Crippen molar-refractivity contribution in [3.63, 3.8) is 0 Å². The zero-order chi connectivity index (χ0) is 19.7. The van der Waals surface area contributed by atoms with Crippen LogP contribution in [0.5, 0.6) is 0 Å². The maximum atomic E-state index is 4.65. The minimum Gasteiger partial charge on any atom is -0.241 e. The van der Waals surface area contributed by atoms with E-state index in [-0.39, 0.29) is 0 Å². The van der Waals surface area contributed by atoms with Crippen LogP contribution in [0.4, 0.5) is 0 Å². The normalized spacial score (nSPS) is 9.69. The van der Waals surface area contributed by atoms with Crippen molar-refractivity contribution in [2.45, 2.75) is 61.8 Å². The quantitative estimate of drug-likeness (QED) is 0.684. The first-order valence-corrected chi connectivity index (χ1v) is 9.26. The second-order valence-corrected chi connectivity index (χ2v) is 5.22. The maximum Gasteiger partial charge on any atom is 0.125 e. The summed E-state index contributed by atoms with van der Waals surface area (Å²) in [4.78, 5) is 17.3. The van der Waals surface area contributed by atoms with Crippen molar-refractivity contribution in [3.05, 3.63) is 47.7 Å². The fraction of sp³-hybridized carbons (Fsp3) is 0.450. The van der Waals surface area contributed by atoms with Gasteiger partial charge in [0.25, 0.3) is 0 Å². The molecule has 0 aliphatic rings. The molecule has 0 unspecified atom stereocenters. The van der Waals surface area contributed by atoms with E-state index in [2.05, 4.69) is 32.0 Å². The van der Waals surface area contributed by atoms with Gasteiger partial charge in [0.15, 0.2) is 0 Å². The van der Waals surface area contributed by atoms with E-state index < -0.39 is 0 Å². The molecule has 6 nitrogen and oxygen atoms in total. The number of aryl methyl sites for hydroxylation is 4. The molecule has 0 spiro atoms. The first-order chi connectivity index (χ1) is 12.6. The van der Waals surface area contributed by atoms with Gasteiger partial charge in [-0.2, -0.15) is 5.10 Å². The Morgan fingerprint density at radius 3 is 2.00 bits per heavy atom. The van der Waals surface area contributed by atoms with Crippen LogP contribution in [0.25, 0.3) is 16.9 Å². The van der Waals surface area contributed by atoms with E-state index >= 15 is 0 Å². The third-order valence-electron chi connectivity index (χ3n) is 3.50. The Morgan fingerprint density at radius 2 is 1.42 bits per heavy atom.